The number of carbonyl (C=O) groups excluding carboxylic acids is 1. The van der Waals surface area contributed by atoms with Gasteiger partial charge >= 0.3 is 0 Å². The van der Waals surface area contributed by atoms with Gasteiger partial charge in [0, 0.05) is 43.4 Å². The molecule has 2 aliphatic heterocycles. The molecule has 0 aromatic heterocycles. The Balaban J connectivity index is 1.45. The Kier molecular flexibility index (Phi) is 5.92. The molecule has 3 rings (SSSR count). The van der Waals surface area contributed by atoms with Crippen LogP contribution in [0.5, 0.6) is 0 Å². The third kappa shape index (κ3) is 4.57. The number of nitrogens with zero attached hydrogens (tertiary/aromatic N) is 1. The van der Waals surface area contributed by atoms with Gasteiger partial charge in [-0.25, -0.2) is 0 Å². The summed E-state index contributed by atoms with van der Waals surface area (Å²) in [7, 11) is 0. The molecule has 132 valence electrons. The quantitative estimate of drug-likeness (QED) is 0.818. The van der Waals surface area contributed by atoms with E-state index in [0.717, 1.165) is 36.9 Å². The zero-order valence-corrected chi connectivity index (χ0v) is 15.6. The molecule has 1 aromatic rings. The minimum atomic E-state index is -0.743. The fraction of sp³-hybridized carbons (Fsp3) is 0.611. The minimum Gasteiger partial charge on any atom is -0.381 e. The Hall–Kier alpha value is -0.950. The molecule has 0 aliphatic carbocycles. The van der Waals surface area contributed by atoms with Crippen molar-refractivity contribution in [2.45, 2.75) is 43.8 Å². The van der Waals surface area contributed by atoms with Crippen LogP contribution in [0.3, 0.4) is 0 Å². The van der Waals surface area contributed by atoms with Crippen LogP contribution < -0.4 is 11.1 Å². The van der Waals surface area contributed by atoms with Crippen molar-refractivity contribution in [3.63, 3.8) is 0 Å². The van der Waals surface area contributed by atoms with Gasteiger partial charge < -0.3 is 15.8 Å². The molecule has 2 heterocycles. The van der Waals surface area contributed by atoms with Crippen molar-refractivity contribution >= 4 is 21.8 Å². The summed E-state index contributed by atoms with van der Waals surface area (Å²) in [5, 5.41) is 3.17. The van der Waals surface area contributed by atoms with Gasteiger partial charge in [0.05, 0.1) is 5.54 Å². The summed E-state index contributed by atoms with van der Waals surface area (Å²) in [4.78, 5) is 14.9. The lowest BCUT2D eigenvalue weighted by Crippen LogP contribution is -2.59. The fourth-order valence-corrected chi connectivity index (χ4v) is 3.64. The highest BCUT2D eigenvalue weighted by Gasteiger charge is 2.37. The van der Waals surface area contributed by atoms with Crippen LogP contribution in [0.1, 0.15) is 31.2 Å². The summed E-state index contributed by atoms with van der Waals surface area (Å²) >= 11 is 3.47. The average Bonchev–Trinajstić information content (AvgIpc) is 2.59. The number of nitrogens with one attached hydrogen (secondary N) is 1. The van der Waals surface area contributed by atoms with Crippen molar-refractivity contribution in [1.82, 2.24) is 10.2 Å². The Morgan fingerprint density at radius 3 is 2.50 bits per heavy atom. The molecule has 24 heavy (non-hydrogen) atoms. The molecule has 0 bridgehead atoms. The van der Waals surface area contributed by atoms with Crippen LogP contribution in [0.4, 0.5) is 0 Å². The highest BCUT2D eigenvalue weighted by atomic mass is 79.9. The first-order valence-corrected chi connectivity index (χ1v) is 9.49. The van der Waals surface area contributed by atoms with E-state index in [1.54, 1.807) is 0 Å². The van der Waals surface area contributed by atoms with E-state index >= 15 is 0 Å². The summed E-state index contributed by atoms with van der Waals surface area (Å²) in [5.41, 5.74) is 6.83. The van der Waals surface area contributed by atoms with Crippen LogP contribution >= 0.6 is 15.9 Å². The number of likely N-dealkylation sites (tertiary alicyclic amines) is 1. The van der Waals surface area contributed by atoms with Gasteiger partial charge in [0.25, 0.3) is 0 Å². The van der Waals surface area contributed by atoms with Crippen molar-refractivity contribution in [2.24, 2.45) is 5.73 Å². The minimum absolute atomic E-state index is 0.00263. The number of nitrogens with two attached hydrogens (primary N) is 1. The number of ether oxygens (including phenoxy) is 1. The van der Waals surface area contributed by atoms with E-state index in [1.807, 2.05) is 0 Å². The van der Waals surface area contributed by atoms with Gasteiger partial charge in [-0.05, 0) is 43.4 Å². The van der Waals surface area contributed by atoms with Crippen molar-refractivity contribution in [3.8, 4) is 0 Å². The molecule has 0 spiro atoms. The summed E-state index contributed by atoms with van der Waals surface area (Å²) in [6.07, 6.45) is 3.19. The lowest BCUT2D eigenvalue weighted by Gasteiger charge is -2.36. The largest absolute Gasteiger partial charge is 0.381 e. The first kappa shape index (κ1) is 17.9. The number of carbonyl (C=O) groups is 1. The van der Waals surface area contributed by atoms with Crippen molar-refractivity contribution in [1.29, 1.82) is 0 Å². The smallest absolute Gasteiger partial charge is 0.240 e. The Morgan fingerprint density at radius 1 is 1.25 bits per heavy atom. The fourth-order valence-electron chi connectivity index (χ4n) is 3.38. The number of hydrogen-bond acceptors (Lipinski definition) is 4. The second-order valence-electron chi connectivity index (χ2n) is 6.92. The zero-order valence-electron chi connectivity index (χ0n) is 14.0. The molecular weight excluding hydrogens is 370 g/mol. The van der Waals surface area contributed by atoms with Crippen LogP contribution in [0.2, 0.25) is 0 Å². The molecule has 1 amide bonds. The number of halogens is 1. The maximum absolute atomic E-state index is 12.5. The van der Waals surface area contributed by atoms with E-state index in [0.29, 0.717) is 26.1 Å². The molecule has 2 aliphatic rings. The predicted molar refractivity (Wildman–Crippen MR) is 97.6 cm³/mol. The number of piperidine rings is 1. The molecule has 0 atom stereocenters. The number of benzene rings is 1. The first-order chi connectivity index (χ1) is 11.5. The van der Waals surface area contributed by atoms with Gasteiger partial charge in [0.1, 0.15) is 0 Å². The van der Waals surface area contributed by atoms with Crippen LogP contribution in [-0.4, -0.2) is 48.7 Å². The average molecular weight is 396 g/mol. The van der Waals surface area contributed by atoms with E-state index in [-0.39, 0.29) is 11.9 Å². The molecule has 0 radical (unpaired) electrons. The lowest BCUT2D eigenvalue weighted by molar-refractivity contribution is -0.130. The van der Waals surface area contributed by atoms with E-state index in [1.165, 1.54) is 5.56 Å². The molecule has 6 heteroatoms. The molecule has 0 saturated carbocycles. The third-order valence-electron chi connectivity index (χ3n) is 5.08. The second kappa shape index (κ2) is 7.95. The molecular formula is C18H26BrN3O2. The van der Waals surface area contributed by atoms with Gasteiger partial charge in [-0.3, -0.25) is 9.69 Å². The van der Waals surface area contributed by atoms with Crippen LogP contribution in [-0.2, 0) is 16.1 Å². The highest BCUT2D eigenvalue weighted by molar-refractivity contribution is 9.10. The summed E-state index contributed by atoms with van der Waals surface area (Å²) < 4.78 is 6.42. The van der Waals surface area contributed by atoms with E-state index in [4.69, 9.17) is 10.5 Å². The molecule has 1 aromatic carbocycles. The predicted octanol–water partition coefficient (Wildman–Crippen LogP) is 2.04. The Morgan fingerprint density at radius 2 is 1.88 bits per heavy atom. The maximum Gasteiger partial charge on any atom is 0.240 e. The van der Waals surface area contributed by atoms with Crippen LogP contribution in [0.15, 0.2) is 28.7 Å². The zero-order chi connectivity index (χ0) is 17.0. The van der Waals surface area contributed by atoms with E-state index in [9.17, 15) is 4.79 Å². The van der Waals surface area contributed by atoms with E-state index in [2.05, 4.69) is 50.4 Å². The highest BCUT2D eigenvalue weighted by Crippen LogP contribution is 2.20. The van der Waals surface area contributed by atoms with E-state index < -0.39 is 5.54 Å². The second-order valence-corrected chi connectivity index (χ2v) is 7.83. The normalized spacial score (nSPS) is 22.2. The summed E-state index contributed by atoms with van der Waals surface area (Å²) in [6.45, 7) is 4.13. The van der Waals surface area contributed by atoms with Gasteiger partial charge in [-0.2, -0.15) is 0 Å². The van der Waals surface area contributed by atoms with Gasteiger partial charge in [0.15, 0.2) is 0 Å². The van der Waals surface area contributed by atoms with Crippen molar-refractivity contribution in [3.05, 3.63) is 34.3 Å². The Labute approximate surface area is 152 Å². The Bertz CT molecular complexity index is 550. The SMILES string of the molecule is NC1(C(=O)NC2CCN(Cc3ccc(Br)cc3)CC2)CCOCC1. The van der Waals surface area contributed by atoms with Gasteiger partial charge in [-0.1, -0.05) is 28.1 Å². The summed E-state index contributed by atoms with van der Waals surface area (Å²) in [6, 6.07) is 8.71. The number of rotatable bonds is 4. The molecule has 2 fully saturated rings. The standard InChI is InChI=1S/C18H26BrN3O2/c19-15-3-1-14(2-4-15)13-22-9-5-16(6-10-22)21-17(23)18(20)7-11-24-12-8-18/h1-4,16H,5-13,20H2,(H,21,23). The number of hydrogen-bond donors (Lipinski definition) is 2. The first-order valence-electron chi connectivity index (χ1n) is 8.70. The van der Waals surface area contributed by atoms with Gasteiger partial charge in [0.2, 0.25) is 5.91 Å². The van der Waals surface area contributed by atoms with Crippen LogP contribution in [0, 0.1) is 0 Å². The molecule has 0 unspecified atom stereocenters. The van der Waals surface area contributed by atoms with Crippen LogP contribution in [0.25, 0.3) is 0 Å². The summed E-state index contributed by atoms with van der Waals surface area (Å²) in [5.74, 6) is -0.00263. The molecule has 5 nitrogen and oxygen atoms in total. The molecule has 2 saturated heterocycles. The molecule has 3 N–H and O–H groups in total. The monoisotopic (exact) mass is 395 g/mol. The van der Waals surface area contributed by atoms with Crippen molar-refractivity contribution in [2.75, 3.05) is 26.3 Å². The van der Waals surface area contributed by atoms with Gasteiger partial charge in [-0.15, -0.1) is 0 Å². The number of amides is 1. The maximum atomic E-state index is 12.5. The lowest BCUT2D eigenvalue weighted by atomic mass is 9.89. The topological polar surface area (TPSA) is 67.6 Å². The third-order valence-corrected chi connectivity index (χ3v) is 5.61. The van der Waals surface area contributed by atoms with Crippen molar-refractivity contribution < 1.29 is 9.53 Å².